The molecule has 1 amide bonds. The molecule has 10 nitrogen and oxygen atoms in total. The molecule has 0 radical (unpaired) electrons. The van der Waals surface area contributed by atoms with Crippen LogP contribution in [0.3, 0.4) is 0 Å². The second-order valence-electron chi connectivity index (χ2n) is 13.0. The Kier molecular flexibility index (Phi) is 5.29. The fraction of sp³-hybridized carbons (Fsp3) is 0.333. The van der Waals surface area contributed by atoms with E-state index in [-0.39, 0.29) is 35.1 Å². The number of likely N-dealkylation sites (tertiary alicyclic amines) is 1. The van der Waals surface area contributed by atoms with E-state index in [0.717, 1.165) is 53.2 Å². The van der Waals surface area contributed by atoms with Gasteiger partial charge < -0.3 is 29.5 Å². The molecule has 232 valence electrons. The van der Waals surface area contributed by atoms with Gasteiger partial charge in [-0.05, 0) is 80.0 Å². The van der Waals surface area contributed by atoms with Gasteiger partial charge in [-0.25, -0.2) is 9.97 Å². The number of nitrogens with zero attached hydrogens (tertiary/aromatic N) is 5. The van der Waals surface area contributed by atoms with Crippen molar-refractivity contribution in [2.45, 2.75) is 44.3 Å². The number of aromatic amines is 1. The molecule has 4 aromatic heterocycles. The van der Waals surface area contributed by atoms with Gasteiger partial charge in [0.1, 0.15) is 16.9 Å². The third-order valence-corrected chi connectivity index (χ3v) is 10.2. The quantitative estimate of drug-likeness (QED) is 0.269. The molecular weight excluding hydrogens is 578 g/mol. The lowest BCUT2D eigenvalue weighted by molar-refractivity contribution is 0.0700. The SMILES string of the molecule is [2H]C([2H])([2H])n1c(-c2cc3ccc(-c4cccc5[nH]c(=O)ccc45)nc3n2CC2CC2)nc2cc(C(=O)N3CC4CCC3[C@@H]4N)cc(OC)c21. The van der Waals surface area contributed by atoms with Crippen LogP contribution in [0.15, 0.2) is 65.5 Å². The number of aryl methyl sites for hydroxylation is 1. The number of nitrogens with one attached hydrogen (secondary N) is 1. The molecule has 2 saturated carbocycles. The lowest BCUT2D eigenvalue weighted by Crippen LogP contribution is -2.41. The summed E-state index contributed by atoms with van der Waals surface area (Å²) in [6.45, 7) is -1.34. The molecule has 2 aliphatic carbocycles. The summed E-state index contributed by atoms with van der Waals surface area (Å²) in [7, 11) is 1.48. The standard InChI is InChI=1S/C36H35N7O3/c1-41-33-27(14-22(16-30(33)46-2)36(45)43-18-21-9-12-28(43)32(21)37)40-35(41)29-15-20-8-11-26(39-34(20)42(29)17-19-6-7-19)23-4-3-5-25-24(23)10-13-31(44)38-25/h3-5,8,10-11,13-16,19,21,28,32H,6-7,9,12,17-18,37H2,1-2H3,(H,38,44)/t21?,28?,32-/m1/s1/i1D3. The monoisotopic (exact) mass is 616 g/mol. The van der Waals surface area contributed by atoms with Crippen molar-refractivity contribution in [2.75, 3.05) is 13.7 Å². The summed E-state index contributed by atoms with van der Waals surface area (Å²) in [5.41, 5.74) is 11.0. The van der Waals surface area contributed by atoms with Gasteiger partial charge >= 0.3 is 0 Å². The van der Waals surface area contributed by atoms with Crippen LogP contribution in [0.2, 0.25) is 0 Å². The number of amides is 1. The molecule has 2 aromatic carbocycles. The summed E-state index contributed by atoms with van der Waals surface area (Å²) in [6.07, 6.45) is 4.06. The highest BCUT2D eigenvalue weighted by Crippen LogP contribution is 2.40. The smallest absolute Gasteiger partial charge is 0.254 e. The minimum atomic E-state index is -2.61. The zero-order valence-electron chi connectivity index (χ0n) is 28.4. The summed E-state index contributed by atoms with van der Waals surface area (Å²) in [5.74, 6) is 1.11. The highest BCUT2D eigenvalue weighted by atomic mass is 16.5. The van der Waals surface area contributed by atoms with Crippen LogP contribution in [0.1, 0.15) is 40.2 Å². The maximum Gasteiger partial charge on any atom is 0.254 e. The first-order chi connectivity index (χ1) is 23.6. The predicted octanol–water partition coefficient (Wildman–Crippen LogP) is 5.08. The third kappa shape index (κ3) is 4.12. The van der Waals surface area contributed by atoms with E-state index >= 15 is 0 Å². The van der Waals surface area contributed by atoms with E-state index < -0.39 is 6.98 Å². The Morgan fingerprint density at radius 2 is 1.98 bits per heavy atom. The third-order valence-electron chi connectivity index (χ3n) is 10.2. The number of benzene rings is 2. The number of pyridine rings is 2. The number of hydrogen-bond acceptors (Lipinski definition) is 6. The zero-order chi connectivity index (χ0) is 33.8. The van der Waals surface area contributed by atoms with Crippen LogP contribution in [-0.4, -0.2) is 60.6 Å². The van der Waals surface area contributed by atoms with Gasteiger partial charge in [-0.1, -0.05) is 12.1 Å². The number of ether oxygens (including phenoxy) is 1. The van der Waals surface area contributed by atoms with E-state index in [2.05, 4.69) is 9.55 Å². The van der Waals surface area contributed by atoms with E-state index in [1.807, 2.05) is 41.3 Å². The number of H-pyrrole nitrogens is 1. The molecule has 3 aliphatic rings. The number of imidazole rings is 1. The Morgan fingerprint density at radius 1 is 1.09 bits per heavy atom. The van der Waals surface area contributed by atoms with Gasteiger partial charge in [-0.3, -0.25) is 9.59 Å². The van der Waals surface area contributed by atoms with E-state index in [9.17, 15) is 9.59 Å². The van der Waals surface area contributed by atoms with Crippen molar-refractivity contribution in [2.24, 2.45) is 24.5 Å². The maximum absolute atomic E-state index is 13.8. The molecule has 10 heteroatoms. The molecule has 3 atom stereocenters. The van der Waals surface area contributed by atoms with Crippen molar-refractivity contribution in [3.8, 4) is 28.5 Å². The number of nitrogens with two attached hydrogens (primary N) is 1. The van der Waals surface area contributed by atoms with E-state index in [1.165, 1.54) is 17.7 Å². The maximum atomic E-state index is 13.8. The number of carbonyl (C=O) groups is 1. The zero-order valence-corrected chi connectivity index (χ0v) is 25.4. The van der Waals surface area contributed by atoms with Gasteiger partial charge in [0.05, 0.1) is 24.0 Å². The lowest BCUT2D eigenvalue weighted by atomic mass is 10.0. The molecule has 3 fully saturated rings. The number of rotatable bonds is 6. The summed E-state index contributed by atoms with van der Waals surface area (Å²) in [4.78, 5) is 40.7. The van der Waals surface area contributed by atoms with Crippen LogP contribution < -0.4 is 16.0 Å². The first-order valence-electron chi connectivity index (χ1n) is 17.4. The van der Waals surface area contributed by atoms with Crippen LogP contribution in [0.25, 0.3) is 55.7 Å². The van der Waals surface area contributed by atoms with Gasteiger partial charge in [0.15, 0.2) is 5.82 Å². The van der Waals surface area contributed by atoms with E-state index in [1.54, 1.807) is 18.2 Å². The van der Waals surface area contributed by atoms with Gasteiger partial charge in [0.2, 0.25) is 5.56 Å². The Hall–Kier alpha value is -4.96. The molecule has 0 spiro atoms. The molecule has 46 heavy (non-hydrogen) atoms. The van der Waals surface area contributed by atoms with Crippen molar-refractivity contribution in [3.63, 3.8) is 0 Å². The Morgan fingerprint density at radius 3 is 2.74 bits per heavy atom. The van der Waals surface area contributed by atoms with Crippen molar-refractivity contribution >= 4 is 38.9 Å². The Bertz CT molecular complexity index is 2390. The van der Waals surface area contributed by atoms with Crippen LogP contribution in [0, 0.1) is 11.8 Å². The Labute approximate surface area is 269 Å². The number of hydrogen-bond donors (Lipinski definition) is 2. The van der Waals surface area contributed by atoms with Gasteiger partial charge in [-0.2, -0.15) is 0 Å². The Balaban J connectivity index is 1.22. The van der Waals surface area contributed by atoms with Crippen molar-refractivity contribution < 1.29 is 13.6 Å². The van der Waals surface area contributed by atoms with Crippen molar-refractivity contribution in [1.29, 1.82) is 0 Å². The number of carbonyl (C=O) groups excluding carboxylic acids is 1. The normalized spacial score (nSPS) is 22.1. The second-order valence-corrected chi connectivity index (χ2v) is 13.0. The number of fused-ring (bicyclic) bond motifs is 5. The summed E-state index contributed by atoms with van der Waals surface area (Å²) >= 11 is 0. The molecule has 9 rings (SSSR count). The van der Waals surface area contributed by atoms with Crippen LogP contribution in [-0.2, 0) is 13.5 Å². The first kappa shape index (κ1) is 24.3. The van der Waals surface area contributed by atoms with Gasteiger partial charge in [-0.15, -0.1) is 0 Å². The average Bonchev–Trinajstić information content (AvgIpc) is 3.40. The fourth-order valence-corrected chi connectivity index (χ4v) is 7.69. The number of aromatic nitrogens is 5. The largest absolute Gasteiger partial charge is 0.494 e. The van der Waals surface area contributed by atoms with Crippen molar-refractivity contribution in [1.82, 2.24) is 29.0 Å². The number of piperidine rings is 1. The van der Waals surface area contributed by atoms with Gasteiger partial charge in [0, 0.05) is 69.7 Å². The molecule has 2 unspecified atom stereocenters. The summed E-state index contributed by atoms with van der Waals surface area (Å²) in [6, 6.07) is 18.2. The van der Waals surface area contributed by atoms with Gasteiger partial charge in [0.25, 0.3) is 5.91 Å². The molecule has 2 bridgehead atoms. The lowest BCUT2D eigenvalue weighted by Gasteiger charge is -2.27. The molecule has 1 saturated heterocycles. The minimum absolute atomic E-state index is 0.00127. The average molecular weight is 617 g/mol. The van der Waals surface area contributed by atoms with Crippen LogP contribution in [0.5, 0.6) is 5.75 Å². The predicted molar refractivity (Wildman–Crippen MR) is 178 cm³/mol. The molecule has 3 N–H and O–H groups in total. The highest BCUT2D eigenvalue weighted by Gasteiger charge is 2.47. The second kappa shape index (κ2) is 10.0. The van der Waals surface area contributed by atoms with Crippen LogP contribution >= 0.6 is 0 Å². The molecular formula is C36H35N7O3. The van der Waals surface area contributed by atoms with Crippen molar-refractivity contribution in [3.05, 3.63) is 76.6 Å². The fourth-order valence-electron chi connectivity index (χ4n) is 7.69. The van der Waals surface area contributed by atoms with E-state index in [0.29, 0.717) is 52.9 Å². The highest BCUT2D eigenvalue weighted by molar-refractivity contribution is 6.01. The minimum Gasteiger partial charge on any atom is -0.494 e. The first-order valence-corrected chi connectivity index (χ1v) is 15.9. The molecule has 1 aliphatic heterocycles. The summed E-state index contributed by atoms with van der Waals surface area (Å²) < 4.78 is 35.0. The number of methoxy groups -OCH3 is 1. The molecule has 5 heterocycles. The summed E-state index contributed by atoms with van der Waals surface area (Å²) in [5, 5.41) is 1.72. The molecule has 6 aromatic rings. The topological polar surface area (TPSA) is 124 Å². The van der Waals surface area contributed by atoms with E-state index in [4.69, 9.17) is 24.6 Å². The van der Waals surface area contributed by atoms with Crippen LogP contribution in [0.4, 0.5) is 0 Å².